The smallest absolute Gasteiger partial charge is 0.191 e. The minimum Gasteiger partial charge on any atom is -0.379 e. The summed E-state index contributed by atoms with van der Waals surface area (Å²) in [5, 5.41) is 8.31. The molecule has 6 nitrogen and oxygen atoms in total. The Morgan fingerprint density at radius 2 is 1.84 bits per heavy atom. The van der Waals surface area contributed by atoms with Crippen LogP contribution in [0.2, 0.25) is 0 Å². The fourth-order valence-electron chi connectivity index (χ4n) is 4.20. The normalized spacial score (nSPS) is 15.9. The Morgan fingerprint density at radius 1 is 1.09 bits per heavy atom. The van der Waals surface area contributed by atoms with Crippen LogP contribution >= 0.6 is 24.0 Å². The lowest BCUT2D eigenvalue weighted by Crippen LogP contribution is -2.46. The number of aryl methyl sites for hydroxylation is 1. The summed E-state index contributed by atoms with van der Waals surface area (Å²) in [6.45, 7) is 7.24. The van der Waals surface area contributed by atoms with E-state index in [0.29, 0.717) is 0 Å². The molecule has 3 N–H and O–H groups in total. The van der Waals surface area contributed by atoms with Crippen LogP contribution in [0.1, 0.15) is 22.7 Å². The van der Waals surface area contributed by atoms with Crippen LogP contribution in [0.3, 0.4) is 0 Å². The van der Waals surface area contributed by atoms with Crippen molar-refractivity contribution in [1.29, 1.82) is 0 Å². The maximum absolute atomic E-state index is 5.57. The molecule has 1 saturated heterocycles. The summed E-state index contributed by atoms with van der Waals surface area (Å²) in [6, 6.07) is 17.6. The Kier molecular flexibility index (Phi) is 9.37. The fourth-order valence-corrected chi connectivity index (χ4v) is 4.20. The van der Waals surface area contributed by atoms with Crippen molar-refractivity contribution in [2.75, 3.05) is 46.4 Å². The number of halogens is 1. The van der Waals surface area contributed by atoms with Crippen LogP contribution in [0.25, 0.3) is 10.9 Å². The molecule has 0 radical (unpaired) electrons. The first-order valence-corrected chi connectivity index (χ1v) is 11.1. The molecule has 0 bridgehead atoms. The molecule has 0 aliphatic carbocycles. The lowest BCUT2D eigenvalue weighted by atomic mass is 10.0. The van der Waals surface area contributed by atoms with E-state index in [1.54, 1.807) is 0 Å². The number of aromatic amines is 1. The Bertz CT molecular complexity index is 995. The van der Waals surface area contributed by atoms with E-state index >= 15 is 0 Å². The Hall–Kier alpha value is -2.10. The molecule has 1 fully saturated rings. The van der Waals surface area contributed by atoms with Crippen LogP contribution in [0, 0.1) is 6.92 Å². The number of ether oxygens (including phenoxy) is 1. The molecule has 0 saturated carbocycles. The quantitative estimate of drug-likeness (QED) is 0.239. The predicted molar refractivity (Wildman–Crippen MR) is 143 cm³/mol. The fraction of sp³-hybridized carbons (Fsp3) is 0.400. The monoisotopic (exact) mass is 547 g/mol. The van der Waals surface area contributed by atoms with Crippen LogP contribution < -0.4 is 10.6 Å². The van der Waals surface area contributed by atoms with Gasteiger partial charge in [0.2, 0.25) is 0 Å². The Labute approximate surface area is 207 Å². The van der Waals surface area contributed by atoms with E-state index in [1.807, 2.05) is 7.05 Å². The van der Waals surface area contributed by atoms with Crippen molar-refractivity contribution in [2.45, 2.75) is 19.4 Å². The van der Waals surface area contributed by atoms with Crippen LogP contribution in [0.5, 0.6) is 0 Å². The number of guanidine groups is 1. The van der Waals surface area contributed by atoms with Gasteiger partial charge in [-0.1, -0.05) is 48.0 Å². The van der Waals surface area contributed by atoms with Gasteiger partial charge in [-0.15, -0.1) is 24.0 Å². The summed E-state index contributed by atoms with van der Waals surface area (Å²) in [6.07, 6.45) is 3.05. The van der Waals surface area contributed by atoms with Gasteiger partial charge in [-0.3, -0.25) is 9.89 Å². The second-order valence-corrected chi connectivity index (χ2v) is 8.06. The highest BCUT2D eigenvalue weighted by Crippen LogP contribution is 2.22. The van der Waals surface area contributed by atoms with Crippen molar-refractivity contribution in [2.24, 2.45) is 4.99 Å². The van der Waals surface area contributed by atoms with Crippen LogP contribution in [0.15, 0.2) is 59.7 Å². The van der Waals surface area contributed by atoms with Gasteiger partial charge in [-0.2, -0.15) is 0 Å². The van der Waals surface area contributed by atoms with Gasteiger partial charge in [0.25, 0.3) is 0 Å². The average molecular weight is 547 g/mol. The Balaban J connectivity index is 0.00000289. The minimum atomic E-state index is 0. The lowest BCUT2D eigenvalue weighted by Gasteiger charge is -2.35. The van der Waals surface area contributed by atoms with E-state index in [0.717, 1.165) is 51.8 Å². The highest BCUT2D eigenvalue weighted by molar-refractivity contribution is 14.0. The third-order valence-electron chi connectivity index (χ3n) is 6.00. The zero-order valence-corrected chi connectivity index (χ0v) is 21.3. The summed E-state index contributed by atoms with van der Waals surface area (Å²) in [7, 11) is 1.83. The first-order chi connectivity index (χ1) is 15.2. The van der Waals surface area contributed by atoms with Gasteiger partial charge in [0.15, 0.2) is 5.96 Å². The standard InChI is InChI=1S/C25H33N5O.HI/c1-19-7-9-20(10-8-19)24(30-13-15-31-16-14-30)18-29-25(26-2)27-12-11-21-17-28-23-6-4-3-5-22(21)23;/h3-10,17,24,28H,11-16,18H2,1-2H3,(H2,26,27,29);1H. The number of rotatable bonds is 7. The molecular weight excluding hydrogens is 513 g/mol. The topological polar surface area (TPSA) is 64.7 Å². The van der Waals surface area contributed by atoms with E-state index in [9.17, 15) is 0 Å². The molecule has 4 rings (SSSR count). The average Bonchev–Trinajstić information content (AvgIpc) is 3.23. The molecule has 1 aliphatic rings. The van der Waals surface area contributed by atoms with Crippen molar-refractivity contribution in [3.63, 3.8) is 0 Å². The highest BCUT2D eigenvalue weighted by atomic mass is 127. The first kappa shape index (κ1) is 24.5. The summed E-state index contributed by atoms with van der Waals surface area (Å²) in [4.78, 5) is 10.3. The molecular formula is C25H34IN5O. The van der Waals surface area contributed by atoms with Gasteiger partial charge >= 0.3 is 0 Å². The number of benzene rings is 2. The summed E-state index contributed by atoms with van der Waals surface area (Å²) < 4.78 is 5.57. The highest BCUT2D eigenvalue weighted by Gasteiger charge is 2.22. The predicted octanol–water partition coefficient (Wildman–Crippen LogP) is 3.88. The maximum atomic E-state index is 5.57. The molecule has 2 heterocycles. The third-order valence-corrected chi connectivity index (χ3v) is 6.00. The summed E-state index contributed by atoms with van der Waals surface area (Å²) in [5.41, 5.74) is 5.12. The number of aromatic nitrogens is 1. The number of nitrogens with one attached hydrogen (secondary N) is 3. The molecule has 1 aliphatic heterocycles. The number of nitrogens with zero attached hydrogens (tertiary/aromatic N) is 2. The van der Waals surface area contributed by atoms with Crippen molar-refractivity contribution >= 4 is 40.8 Å². The van der Waals surface area contributed by atoms with Crippen LogP contribution in [0.4, 0.5) is 0 Å². The SMILES string of the molecule is CN=C(NCCc1c[nH]c2ccccc12)NCC(c1ccc(C)cc1)N1CCOCC1.I. The molecule has 0 amide bonds. The summed E-state index contributed by atoms with van der Waals surface area (Å²) in [5.74, 6) is 0.838. The van der Waals surface area contributed by atoms with Crippen molar-refractivity contribution in [3.05, 3.63) is 71.4 Å². The van der Waals surface area contributed by atoms with E-state index in [4.69, 9.17) is 4.74 Å². The van der Waals surface area contributed by atoms with Crippen LogP contribution in [-0.2, 0) is 11.2 Å². The lowest BCUT2D eigenvalue weighted by molar-refractivity contribution is 0.0170. The van der Waals surface area contributed by atoms with Gasteiger partial charge < -0.3 is 20.4 Å². The molecule has 172 valence electrons. The zero-order valence-electron chi connectivity index (χ0n) is 18.9. The molecule has 3 aromatic rings. The van der Waals surface area contributed by atoms with E-state index in [-0.39, 0.29) is 30.0 Å². The van der Waals surface area contributed by atoms with Crippen LogP contribution in [-0.4, -0.2) is 62.3 Å². The molecule has 2 aromatic carbocycles. The molecule has 32 heavy (non-hydrogen) atoms. The third kappa shape index (κ3) is 6.24. The number of hydrogen-bond acceptors (Lipinski definition) is 3. The Morgan fingerprint density at radius 3 is 2.59 bits per heavy atom. The molecule has 1 aromatic heterocycles. The zero-order chi connectivity index (χ0) is 21.5. The molecule has 1 unspecified atom stereocenters. The van der Waals surface area contributed by atoms with E-state index in [1.165, 1.54) is 27.6 Å². The van der Waals surface area contributed by atoms with Crippen molar-refractivity contribution < 1.29 is 4.74 Å². The number of morpholine rings is 1. The maximum Gasteiger partial charge on any atom is 0.191 e. The number of fused-ring (bicyclic) bond motifs is 1. The van der Waals surface area contributed by atoms with Crippen molar-refractivity contribution in [3.8, 4) is 0 Å². The van der Waals surface area contributed by atoms with Gasteiger partial charge in [-0.05, 0) is 30.5 Å². The van der Waals surface area contributed by atoms with E-state index < -0.39 is 0 Å². The van der Waals surface area contributed by atoms with Gasteiger partial charge in [0.1, 0.15) is 0 Å². The molecule has 0 spiro atoms. The second kappa shape index (κ2) is 12.2. The largest absolute Gasteiger partial charge is 0.379 e. The number of para-hydroxylation sites is 1. The first-order valence-electron chi connectivity index (χ1n) is 11.1. The number of hydrogen-bond donors (Lipinski definition) is 3. The van der Waals surface area contributed by atoms with Gasteiger partial charge in [-0.25, -0.2) is 0 Å². The number of aliphatic imine (C=N–C) groups is 1. The van der Waals surface area contributed by atoms with Crippen molar-refractivity contribution in [1.82, 2.24) is 20.5 Å². The second-order valence-electron chi connectivity index (χ2n) is 8.06. The molecule has 7 heteroatoms. The van der Waals surface area contributed by atoms with E-state index in [2.05, 4.69) is 87.2 Å². The van der Waals surface area contributed by atoms with Gasteiger partial charge in [0, 0.05) is 50.3 Å². The molecule has 1 atom stereocenters. The van der Waals surface area contributed by atoms with Gasteiger partial charge in [0.05, 0.1) is 19.3 Å². The number of H-pyrrole nitrogens is 1. The minimum absolute atomic E-state index is 0. The summed E-state index contributed by atoms with van der Waals surface area (Å²) >= 11 is 0.